The maximum absolute atomic E-state index is 2.36. The molecule has 0 radical (unpaired) electrons. The first kappa shape index (κ1) is 13.8. The zero-order valence-corrected chi connectivity index (χ0v) is 11.8. The van der Waals surface area contributed by atoms with Crippen molar-refractivity contribution in [2.24, 2.45) is 11.8 Å². The molecule has 0 aromatic carbocycles. The highest BCUT2D eigenvalue weighted by atomic mass is 14.3. The van der Waals surface area contributed by atoms with Crippen molar-refractivity contribution in [2.75, 3.05) is 0 Å². The Morgan fingerprint density at radius 3 is 2.38 bits per heavy atom. The molecule has 2 unspecified atom stereocenters. The fourth-order valence-corrected chi connectivity index (χ4v) is 2.78. The summed E-state index contributed by atoms with van der Waals surface area (Å²) in [6.07, 6.45) is 11.2. The summed E-state index contributed by atoms with van der Waals surface area (Å²) in [4.78, 5) is 0. The van der Waals surface area contributed by atoms with Crippen molar-refractivity contribution in [3.8, 4) is 0 Å². The van der Waals surface area contributed by atoms with Crippen molar-refractivity contribution in [1.82, 2.24) is 0 Å². The molecular formula is C16H30. The van der Waals surface area contributed by atoms with Gasteiger partial charge in [0.05, 0.1) is 0 Å². The Bertz CT molecular complexity index is 224. The summed E-state index contributed by atoms with van der Waals surface area (Å²) in [6.45, 7) is 9.36. The van der Waals surface area contributed by atoms with Crippen LogP contribution in [0.2, 0.25) is 0 Å². The highest BCUT2D eigenvalue weighted by molar-refractivity contribution is 5.27. The predicted molar refractivity (Wildman–Crippen MR) is 73.6 cm³/mol. The molecule has 0 aromatic rings. The Balaban J connectivity index is 2.26. The van der Waals surface area contributed by atoms with Crippen molar-refractivity contribution in [3.63, 3.8) is 0 Å². The lowest BCUT2D eigenvalue weighted by molar-refractivity contribution is 0.401. The molecule has 1 aliphatic rings. The Morgan fingerprint density at radius 1 is 1.19 bits per heavy atom. The van der Waals surface area contributed by atoms with E-state index in [-0.39, 0.29) is 0 Å². The van der Waals surface area contributed by atoms with Gasteiger partial charge in [0, 0.05) is 0 Å². The summed E-state index contributed by atoms with van der Waals surface area (Å²) < 4.78 is 0. The lowest BCUT2D eigenvalue weighted by Gasteiger charge is -2.15. The van der Waals surface area contributed by atoms with E-state index < -0.39 is 0 Å². The largest absolute Gasteiger partial charge is 0.0738 e. The number of unbranched alkanes of at least 4 members (excludes halogenated alkanes) is 1. The van der Waals surface area contributed by atoms with Crippen LogP contribution < -0.4 is 0 Å². The Kier molecular flexibility index (Phi) is 6.16. The number of rotatable bonds is 8. The molecule has 0 bridgehead atoms. The lowest BCUT2D eigenvalue weighted by atomic mass is 9.91. The van der Waals surface area contributed by atoms with Crippen LogP contribution >= 0.6 is 0 Å². The van der Waals surface area contributed by atoms with Gasteiger partial charge in [-0.3, -0.25) is 0 Å². The number of allylic oxidation sites excluding steroid dienone is 2. The van der Waals surface area contributed by atoms with E-state index in [1.54, 1.807) is 11.1 Å². The van der Waals surface area contributed by atoms with E-state index in [0.717, 1.165) is 11.8 Å². The summed E-state index contributed by atoms with van der Waals surface area (Å²) in [5, 5.41) is 0. The van der Waals surface area contributed by atoms with Gasteiger partial charge in [0.25, 0.3) is 0 Å². The summed E-state index contributed by atoms with van der Waals surface area (Å²) in [6, 6.07) is 0. The first-order chi connectivity index (χ1) is 7.69. The van der Waals surface area contributed by atoms with Crippen LogP contribution in [0.1, 0.15) is 79.1 Å². The van der Waals surface area contributed by atoms with Crippen molar-refractivity contribution in [2.45, 2.75) is 79.1 Å². The van der Waals surface area contributed by atoms with Crippen LogP contribution in [0, 0.1) is 11.8 Å². The van der Waals surface area contributed by atoms with Gasteiger partial charge in [-0.1, -0.05) is 64.0 Å². The predicted octanol–water partition coefficient (Wildman–Crippen LogP) is 5.73. The van der Waals surface area contributed by atoms with Crippen LogP contribution in [0.3, 0.4) is 0 Å². The minimum Gasteiger partial charge on any atom is -0.0738 e. The molecule has 0 N–H and O–H groups in total. The van der Waals surface area contributed by atoms with E-state index in [4.69, 9.17) is 0 Å². The monoisotopic (exact) mass is 222 g/mol. The molecule has 0 saturated heterocycles. The van der Waals surface area contributed by atoms with Gasteiger partial charge in [-0.05, 0) is 38.0 Å². The van der Waals surface area contributed by atoms with Crippen molar-refractivity contribution < 1.29 is 0 Å². The third-order valence-electron chi connectivity index (χ3n) is 4.10. The van der Waals surface area contributed by atoms with E-state index in [2.05, 4.69) is 27.7 Å². The van der Waals surface area contributed by atoms with Gasteiger partial charge in [-0.15, -0.1) is 0 Å². The van der Waals surface area contributed by atoms with E-state index >= 15 is 0 Å². The second-order valence-corrected chi connectivity index (χ2v) is 5.75. The molecular weight excluding hydrogens is 192 g/mol. The molecule has 2 atom stereocenters. The summed E-state index contributed by atoms with van der Waals surface area (Å²) in [5.74, 6) is 1.91. The van der Waals surface area contributed by atoms with Crippen LogP contribution in [-0.4, -0.2) is 0 Å². The summed E-state index contributed by atoms with van der Waals surface area (Å²) in [7, 11) is 0. The van der Waals surface area contributed by atoms with E-state index in [1.807, 2.05) is 0 Å². The Labute approximate surface area is 103 Å². The van der Waals surface area contributed by atoms with E-state index in [0.29, 0.717) is 0 Å². The van der Waals surface area contributed by atoms with Crippen molar-refractivity contribution >= 4 is 0 Å². The molecule has 16 heavy (non-hydrogen) atoms. The molecule has 0 nitrogen and oxygen atoms in total. The van der Waals surface area contributed by atoms with Crippen molar-refractivity contribution in [3.05, 3.63) is 11.1 Å². The standard InChI is InChI=1S/C16H30/c1-5-7-9-15(8-6-2)11-10-13(3)16-12-14(16)4/h14-15H,5-12H2,1-4H3. The van der Waals surface area contributed by atoms with Gasteiger partial charge in [-0.2, -0.15) is 0 Å². The molecule has 0 aromatic heterocycles. The second-order valence-electron chi connectivity index (χ2n) is 5.75. The van der Waals surface area contributed by atoms with Crippen LogP contribution in [0.25, 0.3) is 0 Å². The molecule has 1 rings (SSSR count). The first-order valence-electron chi connectivity index (χ1n) is 7.37. The van der Waals surface area contributed by atoms with Crippen molar-refractivity contribution in [1.29, 1.82) is 0 Å². The molecule has 94 valence electrons. The molecule has 1 aliphatic carbocycles. The third-order valence-corrected chi connectivity index (χ3v) is 4.10. The topological polar surface area (TPSA) is 0 Å². The minimum absolute atomic E-state index is 0.917. The lowest BCUT2D eigenvalue weighted by Crippen LogP contribution is -2.00. The normalized spacial score (nSPS) is 24.4. The third kappa shape index (κ3) is 4.72. The zero-order valence-electron chi connectivity index (χ0n) is 11.8. The van der Waals surface area contributed by atoms with E-state index in [9.17, 15) is 0 Å². The molecule has 1 saturated carbocycles. The fraction of sp³-hybridized carbons (Fsp3) is 0.875. The molecule has 0 aliphatic heterocycles. The van der Waals surface area contributed by atoms with Crippen LogP contribution in [0.15, 0.2) is 11.1 Å². The quantitative estimate of drug-likeness (QED) is 0.460. The van der Waals surface area contributed by atoms with Crippen LogP contribution in [0.4, 0.5) is 0 Å². The fourth-order valence-electron chi connectivity index (χ4n) is 2.78. The highest BCUT2D eigenvalue weighted by Gasteiger charge is 2.26. The van der Waals surface area contributed by atoms with Crippen LogP contribution in [-0.2, 0) is 0 Å². The Hall–Kier alpha value is -0.260. The minimum atomic E-state index is 0.917. The van der Waals surface area contributed by atoms with Crippen LogP contribution in [0.5, 0.6) is 0 Å². The molecule has 0 heterocycles. The Morgan fingerprint density at radius 2 is 1.88 bits per heavy atom. The van der Waals surface area contributed by atoms with Gasteiger partial charge in [0.1, 0.15) is 0 Å². The summed E-state index contributed by atoms with van der Waals surface area (Å²) in [5.41, 5.74) is 3.48. The summed E-state index contributed by atoms with van der Waals surface area (Å²) >= 11 is 0. The maximum atomic E-state index is 2.36. The molecule has 1 fully saturated rings. The zero-order chi connectivity index (χ0) is 12.0. The molecule has 0 spiro atoms. The second kappa shape index (κ2) is 7.14. The average molecular weight is 222 g/mol. The van der Waals surface area contributed by atoms with E-state index in [1.165, 1.54) is 51.4 Å². The number of hydrogen-bond acceptors (Lipinski definition) is 0. The van der Waals surface area contributed by atoms with Gasteiger partial charge >= 0.3 is 0 Å². The average Bonchev–Trinajstić information content (AvgIpc) is 2.99. The first-order valence-corrected chi connectivity index (χ1v) is 7.37. The maximum Gasteiger partial charge on any atom is -0.0191 e. The van der Waals surface area contributed by atoms with Gasteiger partial charge in [0.2, 0.25) is 0 Å². The molecule has 0 amide bonds. The van der Waals surface area contributed by atoms with Gasteiger partial charge in [0.15, 0.2) is 0 Å². The highest BCUT2D eigenvalue weighted by Crippen LogP contribution is 2.41. The number of hydrogen-bond donors (Lipinski definition) is 0. The van der Waals surface area contributed by atoms with Gasteiger partial charge < -0.3 is 0 Å². The smallest absolute Gasteiger partial charge is 0.0191 e. The van der Waals surface area contributed by atoms with Gasteiger partial charge in [-0.25, -0.2) is 0 Å². The molecule has 0 heteroatoms. The SMILES string of the molecule is CCCCC(CCC)CCC(C)=C1CC1C.